The molecule has 2 rings (SSSR count). The first kappa shape index (κ1) is 15.4. The Morgan fingerprint density at radius 1 is 1.53 bits per heavy atom. The van der Waals surface area contributed by atoms with Crippen molar-refractivity contribution in [3.63, 3.8) is 0 Å². The molecule has 2 unspecified atom stereocenters. The fourth-order valence-corrected chi connectivity index (χ4v) is 7.19. The molecule has 1 aromatic heterocycles. The highest BCUT2D eigenvalue weighted by Crippen LogP contribution is 2.40. The Morgan fingerprint density at radius 2 is 2.16 bits per heavy atom. The third kappa shape index (κ3) is 2.74. The molecule has 0 saturated carbocycles. The highest BCUT2D eigenvalue weighted by molar-refractivity contribution is 8.01. The lowest BCUT2D eigenvalue weighted by Gasteiger charge is -2.23. The van der Waals surface area contributed by atoms with Gasteiger partial charge in [-0.05, 0) is 13.0 Å². The van der Waals surface area contributed by atoms with Gasteiger partial charge < -0.3 is 5.11 Å². The maximum absolute atomic E-state index is 12.5. The third-order valence-electron chi connectivity index (χ3n) is 2.63. The van der Waals surface area contributed by atoms with E-state index in [2.05, 4.69) is 0 Å². The van der Waals surface area contributed by atoms with E-state index in [0.29, 0.717) is 0 Å². The van der Waals surface area contributed by atoms with Crippen LogP contribution in [0.3, 0.4) is 0 Å². The minimum Gasteiger partial charge on any atom is -0.480 e. The van der Waals surface area contributed by atoms with Crippen molar-refractivity contribution in [3.05, 3.63) is 14.7 Å². The monoisotopic (exact) mass is 361 g/mol. The topological polar surface area (TPSA) is 74.7 Å². The number of aliphatic carboxylic acids is 1. The lowest BCUT2D eigenvalue weighted by molar-refractivity contribution is -0.140. The third-order valence-corrected chi connectivity index (χ3v) is 7.71. The van der Waals surface area contributed by atoms with E-state index < -0.39 is 27.4 Å². The maximum atomic E-state index is 12.5. The SMILES string of the molecule is CC1SCC(C(=O)O)N1S(=O)(=O)c1cc(Cl)sc1Cl. The van der Waals surface area contributed by atoms with E-state index in [0.717, 1.165) is 15.6 Å². The number of carbonyl (C=O) groups is 1. The lowest BCUT2D eigenvalue weighted by atomic mass is 10.3. The van der Waals surface area contributed by atoms with Crippen molar-refractivity contribution in [2.75, 3.05) is 5.75 Å². The molecule has 1 saturated heterocycles. The zero-order chi connectivity index (χ0) is 14.4. The molecule has 0 aromatic carbocycles. The van der Waals surface area contributed by atoms with Crippen LogP contribution in [0.5, 0.6) is 0 Å². The quantitative estimate of drug-likeness (QED) is 0.895. The maximum Gasteiger partial charge on any atom is 0.322 e. The van der Waals surface area contributed by atoms with Gasteiger partial charge in [0.1, 0.15) is 15.3 Å². The summed E-state index contributed by atoms with van der Waals surface area (Å²) in [5.74, 6) is -0.955. The van der Waals surface area contributed by atoms with Gasteiger partial charge in [0, 0.05) is 5.75 Å². The van der Waals surface area contributed by atoms with Crippen LogP contribution in [0.25, 0.3) is 0 Å². The molecule has 19 heavy (non-hydrogen) atoms. The number of carboxylic acid groups (broad SMARTS) is 1. The Hall–Kier alpha value is 0.01000. The van der Waals surface area contributed by atoms with Gasteiger partial charge in [-0.1, -0.05) is 23.2 Å². The first-order valence-corrected chi connectivity index (χ1v) is 9.14. The lowest BCUT2D eigenvalue weighted by Crippen LogP contribution is -2.44. The summed E-state index contributed by atoms with van der Waals surface area (Å²) in [6.07, 6.45) is 0. The molecule has 1 fully saturated rings. The van der Waals surface area contributed by atoms with Gasteiger partial charge in [0.05, 0.1) is 9.71 Å². The first-order valence-electron chi connectivity index (χ1n) is 5.08. The Labute approximate surface area is 128 Å². The largest absolute Gasteiger partial charge is 0.480 e. The summed E-state index contributed by atoms with van der Waals surface area (Å²) in [7, 11) is -3.97. The molecule has 10 heteroatoms. The Bertz CT molecular complexity index is 615. The van der Waals surface area contributed by atoms with Crippen molar-refractivity contribution < 1.29 is 18.3 Å². The number of hydrogen-bond donors (Lipinski definition) is 1. The number of sulfonamides is 1. The molecule has 106 valence electrons. The fourth-order valence-electron chi connectivity index (χ4n) is 1.79. The summed E-state index contributed by atoms with van der Waals surface area (Å²) in [4.78, 5) is 11.0. The van der Waals surface area contributed by atoms with Gasteiger partial charge in [-0.25, -0.2) is 8.42 Å². The molecule has 0 spiro atoms. The number of nitrogens with zero attached hydrogens (tertiary/aromatic N) is 1. The van der Waals surface area contributed by atoms with Gasteiger partial charge in [-0.3, -0.25) is 4.79 Å². The van der Waals surface area contributed by atoms with Crippen LogP contribution in [0.1, 0.15) is 6.92 Å². The molecule has 0 radical (unpaired) electrons. The summed E-state index contributed by atoms with van der Waals surface area (Å²) in [5.41, 5.74) is 0. The van der Waals surface area contributed by atoms with Gasteiger partial charge in [-0.15, -0.1) is 23.1 Å². The van der Waals surface area contributed by atoms with Gasteiger partial charge in [-0.2, -0.15) is 4.31 Å². The number of rotatable bonds is 3. The summed E-state index contributed by atoms with van der Waals surface area (Å²) < 4.78 is 26.3. The van der Waals surface area contributed by atoms with Gasteiger partial charge in [0.2, 0.25) is 10.0 Å². The molecule has 0 bridgehead atoms. The zero-order valence-corrected chi connectivity index (χ0v) is 13.5. The van der Waals surface area contributed by atoms with Crippen molar-refractivity contribution in [2.24, 2.45) is 0 Å². The number of halogens is 2. The van der Waals surface area contributed by atoms with E-state index >= 15 is 0 Å². The van der Waals surface area contributed by atoms with Crippen LogP contribution in [0.15, 0.2) is 11.0 Å². The fraction of sp³-hybridized carbons (Fsp3) is 0.444. The standard InChI is InChI=1S/C9H9Cl2NO4S3/c1-4-12(5(3-17-4)9(13)14)19(15,16)6-2-7(10)18-8(6)11/h2,4-5H,3H2,1H3,(H,13,14). The van der Waals surface area contributed by atoms with Crippen molar-refractivity contribution in [2.45, 2.75) is 23.2 Å². The van der Waals surface area contributed by atoms with Crippen LogP contribution < -0.4 is 0 Å². The molecule has 0 aliphatic carbocycles. The van der Waals surface area contributed by atoms with Crippen LogP contribution in [-0.2, 0) is 14.8 Å². The summed E-state index contributed by atoms with van der Waals surface area (Å²) in [5, 5.41) is 8.65. The second kappa shape index (κ2) is 5.42. The van der Waals surface area contributed by atoms with Crippen molar-refractivity contribution in [1.82, 2.24) is 4.31 Å². The van der Waals surface area contributed by atoms with Gasteiger partial charge >= 0.3 is 5.97 Å². The minimum absolute atomic E-state index is 0.0400. The Kier molecular flexibility index (Phi) is 4.39. The number of thiophene rings is 1. The van der Waals surface area contributed by atoms with Crippen LogP contribution in [-0.4, -0.2) is 41.0 Å². The number of hydrogen-bond acceptors (Lipinski definition) is 5. The van der Waals surface area contributed by atoms with Crippen molar-refractivity contribution in [1.29, 1.82) is 0 Å². The average molecular weight is 362 g/mol. The molecule has 1 aromatic rings. The Balaban J connectivity index is 2.49. The second-order valence-corrected chi connectivity index (χ2v) is 9.26. The zero-order valence-electron chi connectivity index (χ0n) is 9.54. The van der Waals surface area contributed by atoms with Crippen LogP contribution in [0, 0.1) is 0 Å². The highest BCUT2D eigenvalue weighted by atomic mass is 35.5. The van der Waals surface area contributed by atoms with E-state index in [1.807, 2.05) is 0 Å². The summed E-state index contributed by atoms with van der Waals surface area (Å²) >= 11 is 13.8. The first-order chi connectivity index (χ1) is 8.75. The number of thioether (sulfide) groups is 1. The normalized spacial score (nSPS) is 24.8. The van der Waals surface area contributed by atoms with Gasteiger partial charge in [0.25, 0.3) is 0 Å². The Morgan fingerprint density at radius 3 is 2.63 bits per heavy atom. The van der Waals surface area contributed by atoms with E-state index in [9.17, 15) is 13.2 Å². The second-order valence-electron chi connectivity index (χ2n) is 3.81. The van der Waals surface area contributed by atoms with Crippen LogP contribution >= 0.6 is 46.3 Å². The average Bonchev–Trinajstić information content (AvgIpc) is 2.82. The smallest absolute Gasteiger partial charge is 0.322 e. The van der Waals surface area contributed by atoms with Crippen LogP contribution in [0.2, 0.25) is 8.67 Å². The molecule has 0 amide bonds. The van der Waals surface area contributed by atoms with E-state index in [1.54, 1.807) is 6.92 Å². The molecule has 2 atom stereocenters. The molecular formula is C9H9Cl2NO4S3. The summed E-state index contributed by atoms with van der Waals surface area (Å²) in [6, 6.07) is 0.165. The van der Waals surface area contributed by atoms with E-state index in [-0.39, 0.29) is 19.3 Å². The minimum atomic E-state index is -3.97. The number of carboxylic acids is 1. The molecule has 5 nitrogen and oxygen atoms in total. The van der Waals surface area contributed by atoms with E-state index in [1.165, 1.54) is 17.8 Å². The van der Waals surface area contributed by atoms with Crippen LogP contribution in [0.4, 0.5) is 0 Å². The molecular weight excluding hydrogens is 353 g/mol. The van der Waals surface area contributed by atoms with E-state index in [4.69, 9.17) is 28.3 Å². The van der Waals surface area contributed by atoms with Crippen molar-refractivity contribution in [3.8, 4) is 0 Å². The molecule has 2 heterocycles. The van der Waals surface area contributed by atoms with Gasteiger partial charge in [0.15, 0.2) is 0 Å². The predicted molar refractivity (Wildman–Crippen MR) is 76.7 cm³/mol. The molecule has 1 N–H and O–H groups in total. The highest BCUT2D eigenvalue weighted by Gasteiger charge is 2.45. The predicted octanol–water partition coefficient (Wildman–Crippen LogP) is 2.59. The summed E-state index contributed by atoms with van der Waals surface area (Å²) in [6.45, 7) is 1.65. The molecule has 1 aliphatic heterocycles. The molecule has 1 aliphatic rings. The van der Waals surface area contributed by atoms with Crippen molar-refractivity contribution >= 4 is 62.3 Å².